The van der Waals surface area contributed by atoms with Crippen LogP contribution in [0.15, 0.2) is 30.7 Å². The fourth-order valence-electron chi connectivity index (χ4n) is 1.04. The molecular formula is C8H8N2S. The van der Waals surface area contributed by atoms with Crippen molar-refractivity contribution in [3.63, 3.8) is 0 Å². The Labute approximate surface area is 69.8 Å². The number of thioether (sulfide) groups is 1. The van der Waals surface area contributed by atoms with E-state index in [0.717, 1.165) is 11.4 Å². The van der Waals surface area contributed by atoms with Crippen LogP contribution >= 0.6 is 11.8 Å². The van der Waals surface area contributed by atoms with Crippen LogP contribution in [0.5, 0.6) is 0 Å². The van der Waals surface area contributed by atoms with Gasteiger partial charge in [-0.2, -0.15) is 0 Å². The van der Waals surface area contributed by atoms with Crippen molar-refractivity contribution in [3.05, 3.63) is 36.4 Å². The lowest BCUT2D eigenvalue weighted by atomic mass is 10.3. The second kappa shape index (κ2) is 3.05. The SMILES string of the molecule is C1=CC(c2cnccn2)SC1. The second-order valence-electron chi connectivity index (χ2n) is 2.31. The summed E-state index contributed by atoms with van der Waals surface area (Å²) in [5, 5.41) is 0.434. The minimum atomic E-state index is 0.434. The average Bonchev–Trinajstić information content (AvgIpc) is 2.58. The van der Waals surface area contributed by atoms with Gasteiger partial charge in [0, 0.05) is 24.3 Å². The van der Waals surface area contributed by atoms with Gasteiger partial charge in [0.2, 0.25) is 0 Å². The minimum Gasteiger partial charge on any atom is -0.261 e. The van der Waals surface area contributed by atoms with Gasteiger partial charge >= 0.3 is 0 Å². The molecule has 1 aliphatic heterocycles. The number of nitrogens with zero attached hydrogens (tertiary/aromatic N) is 2. The standard InChI is InChI=1S/C8H8N2S/c1-2-8(11-5-1)7-6-9-3-4-10-7/h1-4,6,8H,5H2. The second-order valence-corrected chi connectivity index (χ2v) is 3.49. The van der Waals surface area contributed by atoms with E-state index in [1.165, 1.54) is 0 Å². The predicted octanol–water partition coefficient (Wildman–Crippen LogP) is 1.82. The van der Waals surface area contributed by atoms with Gasteiger partial charge < -0.3 is 0 Å². The summed E-state index contributed by atoms with van der Waals surface area (Å²) in [5.41, 5.74) is 1.06. The maximum Gasteiger partial charge on any atom is 0.0754 e. The van der Waals surface area contributed by atoms with E-state index in [-0.39, 0.29) is 0 Å². The molecule has 0 bridgehead atoms. The van der Waals surface area contributed by atoms with E-state index >= 15 is 0 Å². The van der Waals surface area contributed by atoms with Gasteiger partial charge in [-0.3, -0.25) is 9.97 Å². The van der Waals surface area contributed by atoms with E-state index in [0.29, 0.717) is 5.25 Å². The van der Waals surface area contributed by atoms with Crippen molar-refractivity contribution in [1.82, 2.24) is 9.97 Å². The van der Waals surface area contributed by atoms with Gasteiger partial charge in [-0.05, 0) is 0 Å². The number of hydrogen-bond donors (Lipinski definition) is 0. The van der Waals surface area contributed by atoms with Gasteiger partial charge in [0.15, 0.2) is 0 Å². The Morgan fingerprint density at radius 2 is 2.45 bits per heavy atom. The van der Waals surface area contributed by atoms with Crippen LogP contribution in [-0.4, -0.2) is 15.7 Å². The fraction of sp³-hybridized carbons (Fsp3) is 0.250. The first-order valence-corrected chi connectivity index (χ1v) is 4.56. The molecule has 0 N–H and O–H groups in total. The first-order chi connectivity index (χ1) is 5.47. The lowest BCUT2D eigenvalue weighted by molar-refractivity contribution is 1.04. The summed E-state index contributed by atoms with van der Waals surface area (Å²) < 4.78 is 0. The number of rotatable bonds is 1. The fourth-order valence-corrected chi connectivity index (χ4v) is 1.98. The highest BCUT2D eigenvalue weighted by Crippen LogP contribution is 2.32. The molecule has 1 aliphatic rings. The first-order valence-electron chi connectivity index (χ1n) is 3.51. The van der Waals surface area contributed by atoms with E-state index in [1.807, 2.05) is 18.0 Å². The van der Waals surface area contributed by atoms with Crippen LogP contribution in [0.1, 0.15) is 10.9 Å². The molecule has 0 spiro atoms. The molecule has 3 heteroatoms. The molecule has 1 aromatic heterocycles. The summed E-state index contributed by atoms with van der Waals surface area (Å²) in [6, 6.07) is 0. The summed E-state index contributed by atoms with van der Waals surface area (Å²) in [6.45, 7) is 0. The van der Waals surface area contributed by atoms with Crippen molar-refractivity contribution in [1.29, 1.82) is 0 Å². The van der Waals surface area contributed by atoms with E-state index in [4.69, 9.17) is 0 Å². The molecule has 2 nitrogen and oxygen atoms in total. The molecule has 0 aliphatic carbocycles. The highest BCUT2D eigenvalue weighted by atomic mass is 32.2. The quantitative estimate of drug-likeness (QED) is 0.592. The Bertz CT molecular complexity index is 258. The average molecular weight is 164 g/mol. The van der Waals surface area contributed by atoms with Crippen molar-refractivity contribution in [2.45, 2.75) is 5.25 Å². The van der Waals surface area contributed by atoms with Gasteiger partial charge in [0.05, 0.1) is 10.9 Å². The Kier molecular flexibility index (Phi) is 1.90. The molecule has 0 fully saturated rings. The summed E-state index contributed by atoms with van der Waals surface area (Å²) >= 11 is 1.88. The van der Waals surface area contributed by atoms with Crippen LogP contribution < -0.4 is 0 Å². The lowest BCUT2D eigenvalue weighted by Gasteiger charge is -2.03. The molecule has 0 saturated carbocycles. The molecule has 0 aromatic carbocycles. The summed E-state index contributed by atoms with van der Waals surface area (Å²) in [5.74, 6) is 1.10. The summed E-state index contributed by atoms with van der Waals surface area (Å²) in [4.78, 5) is 8.25. The highest BCUT2D eigenvalue weighted by Gasteiger charge is 2.12. The molecule has 1 atom stereocenters. The van der Waals surface area contributed by atoms with Gasteiger partial charge in [-0.25, -0.2) is 0 Å². The van der Waals surface area contributed by atoms with Crippen LogP contribution in [-0.2, 0) is 0 Å². The van der Waals surface area contributed by atoms with Gasteiger partial charge in [-0.15, -0.1) is 11.8 Å². The molecule has 1 unspecified atom stereocenters. The Morgan fingerprint density at radius 3 is 3.09 bits per heavy atom. The number of hydrogen-bond acceptors (Lipinski definition) is 3. The largest absolute Gasteiger partial charge is 0.261 e. The van der Waals surface area contributed by atoms with E-state index in [9.17, 15) is 0 Å². The molecule has 2 heterocycles. The highest BCUT2D eigenvalue weighted by molar-refractivity contribution is 8.00. The lowest BCUT2D eigenvalue weighted by Crippen LogP contribution is -1.91. The Hall–Kier alpha value is -0.830. The Morgan fingerprint density at radius 1 is 1.45 bits per heavy atom. The molecule has 0 amide bonds. The number of aromatic nitrogens is 2. The first kappa shape index (κ1) is 6.85. The van der Waals surface area contributed by atoms with Crippen molar-refractivity contribution < 1.29 is 0 Å². The van der Waals surface area contributed by atoms with Crippen molar-refractivity contribution in [2.24, 2.45) is 0 Å². The van der Waals surface area contributed by atoms with E-state index < -0.39 is 0 Å². The monoisotopic (exact) mass is 164 g/mol. The molecular weight excluding hydrogens is 156 g/mol. The minimum absolute atomic E-state index is 0.434. The van der Waals surface area contributed by atoms with E-state index in [1.54, 1.807) is 12.4 Å². The van der Waals surface area contributed by atoms with Crippen molar-refractivity contribution >= 4 is 11.8 Å². The maximum atomic E-state index is 4.23. The Balaban J connectivity index is 2.23. The zero-order chi connectivity index (χ0) is 7.52. The van der Waals surface area contributed by atoms with Crippen LogP contribution in [0.25, 0.3) is 0 Å². The van der Waals surface area contributed by atoms with Crippen molar-refractivity contribution in [3.8, 4) is 0 Å². The molecule has 11 heavy (non-hydrogen) atoms. The van der Waals surface area contributed by atoms with Crippen LogP contribution in [0.2, 0.25) is 0 Å². The molecule has 2 rings (SSSR count). The smallest absolute Gasteiger partial charge is 0.0754 e. The maximum absolute atomic E-state index is 4.23. The van der Waals surface area contributed by atoms with Crippen LogP contribution in [0.4, 0.5) is 0 Å². The summed E-state index contributed by atoms with van der Waals surface area (Å²) in [7, 11) is 0. The zero-order valence-electron chi connectivity index (χ0n) is 5.97. The van der Waals surface area contributed by atoms with Gasteiger partial charge in [0.25, 0.3) is 0 Å². The molecule has 0 radical (unpaired) electrons. The summed E-state index contributed by atoms with van der Waals surface area (Å²) in [6.07, 6.45) is 9.61. The molecule has 0 saturated heterocycles. The topological polar surface area (TPSA) is 25.8 Å². The van der Waals surface area contributed by atoms with Gasteiger partial charge in [0.1, 0.15) is 0 Å². The third kappa shape index (κ3) is 1.43. The van der Waals surface area contributed by atoms with Crippen LogP contribution in [0, 0.1) is 0 Å². The third-order valence-corrected chi connectivity index (χ3v) is 2.70. The van der Waals surface area contributed by atoms with Gasteiger partial charge in [-0.1, -0.05) is 12.2 Å². The van der Waals surface area contributed by atoms with Crippen LogP contribution in [0.3, 0.4) is 0 Å². The molecule has 56 valence electrons. The normalized spacial score (nSPS) is 22.4. The van der Waals surface area contributed by atoms with Crippen molar-refractivity contribution in [2.75, 3.05) is 5.75 Å². The zero-order valence-corrected chi connectivity index (χ0v) is 6.79. The molecule has 1 aromatic rings. The third-order valence-electron chi connectivity index (χ3n) is 1.56. The predicted molar refractivity (Wildman–Crippen MR) is 46.4 cm³/mol. The van der Waals surface area contributed by atoms with E-state index in [2.05, 4.69) is 22.1 Å².